The van der Waals surface area contributed by atoms with Crippen molar-refractivity contribution in [2.75, 3.05) is 27.7 Å². The van der Waals surface area contributed by atoms with E-state index < -0.39 is 0 Å². The third-order valence-electron chi connectivity index (χ3n) is 1.88. The molecule has 0 aliphatic rings. The number of amidine groups is 1. The fourth-order valence-electron chi connectivity index (χ4n) is 1.02. The molecule has 0 heterocycles. The lowest BCUT2D eigenvalue weighted by Crippen LogP contribution is -2.41. The number of nitrogens with two attached hydrogens (primary N) is 1. The average Bonchev–Trinajstić information content (AvgIpc) is 2.14. The van der Waals surface area contributed by atoms with Crippen LogP contribution in [0.3, 0.4) is 0 Å². The zero-order valence-electron chi connectivity index (χ0n) is 9.06. The van der Waals surface area contributed by atoms with Crippen LogP contribution in [0.5, 0.6) is 0 Å². The normalized spacial score (nSPS) is 13.6. The van der Waals surface area contributed by atoms with E-state index in [1.54, 1.807) is 28.1 Å². The Labute approximate surface area is 84.0 Å². The van der Waals surface area contributed by atoms with Crippen LogP contribution in [-0.4, -0.2) is 54.6 Å². The van der Waals surface area contributed by atoms with Gasteiger partial charge < -0.3 is 20.7 Å². The fourth-order valence-corrected chi connectivity index (χ4v) is 1.02. The highest BCUT2D eigenvalue weighted by atomic mass is 16.4. The van der Waals surface area contributed by atoms with Gasteiger partial charge in [0.25, 0.3) is 0 Å². The number of hydrogen-bond acceptors (Lipinski definition) is 3. The number of oxime groups is 1. The molecule has 0 aliphatic heterocycles. The van der Waals surface area contributed by atoms with E-state index in [0.29, 0.717) is 6.54 Å². The highest BCUT2D eigenvalue weighted by Crippen LogP contribution is 2.00. The average molecular weight is 202 g/mol. The molecular weight excluding hydrogens is 184 g/mol. The van der Waals surface area contributed by atoms with Crippen molar-refractivity contribution >= 4 is 11.9 Å². The maximum atomic E-state index is 11.4. The first-order valence-electron chi connectivity index (χ1n) is 4.30. The van der Waals surface area contributed by atoms with Crippen molar-refractivity contribution in [1.29, 1.82) is 0 Å². The first-order chi connectivity index (χ1) is 6.40. The van der Waals surface area contributed by atoms with Crippen molar-refractivity contribution in [3.63, 3.8) is 0 Å². The highest BCUT2D eigenvalue weighted by molar-refractivity contribution is 5.82. The molecule has 0 aliphatic carbocycles. The second-order valence-corrected chi connectivity index (χ2v) is 3.48. The molecule has 6 heteroatoms. The number of nitrogens with zero attached hydrogens (tertiary/aromatic N) is 3. The lowest BCUT2D eigenvalue weighted by Gasteiger charge is -2.24. The van der Waals surface area contributed by atoms with Crippen molar-refractivity contribution in [2.24, 2.45) is 16.8 Å². The van der Waals surface area contributed by atoms with E-state index in [-0.39, 0.29) is 17.8 Å². The van der Waals surface area contributed by atoms with Crippen LogP contribution in [0, 0.1) is 5.92 Å². The van der Waals surface area contributed by atoms with Gasteiger partial charge in [-0.15, -0.1) is 0 Å². The Hall–Kier alpha value is -1.46. The van der Waals surface area contributed by atoms with E-state index in [2.05, 4.69) is 5.16 Å². The molecule has 82 valence electrons. The SMILES string of the molecule is CC(CN(C)C(=O)N(C)C)C(N)=NO. The van der Waals surface area contributed by atoms with Gasteiger partial charge in [-0.05, 0) is 0 Å². The van der Waals surface area contributed by atoms with E-state index in [4.69, 9.17) is 10.9 Å². The summed E-state index contributed by atoms with van der Waals surface area (Å²) in [4.78, 5) is 14.4. The van der Waals surface area contributed by atoms with Gasteiger partial charge in [-0.25, -0.2) is 4.79 Å². The van der Waals surface area contributed by atoms with Gasteiger partial charge in [0.2, 0.25) is 0 Å². The Morgan fingerprint density at radius 1 is 1.50 bits per heavy atom. The maximum absolute atomic E-state index is 11.4. The molecule has 0 fully saturated rings. The largest absolute Gasteiger partial charge is 0.409 e. The van der Waals surface area contributed by atoms with Crippen molar-refractivity contribution in [3.8, 4) is 0 Å². The van der Waals surface area contributed by atoms with Crippen LogP contribution in [0.2, 0.25) is 0 Å². The summed E-state index contributed by atoms with van der Waals surface area (Å²) in [5.41, 5.74) is 5.39. The van der Waals surface area contributed by atoms with Crippen LogP contribution in [0.1, 0.15) is 6.92 Å². The second kappa shape index (κ2) is 5.31. The first-order valence-corrected chi connectivity index (χ1v) is 4.30. The van der Waals surface area contributed by atoms with Gasteiger partial charge in [0.05, 0.1) is 0 Å². The van der Waals surface area contributed by atoms with Crippen LogP contribution in [0.4, 0.5) is 4.79 Å². The lowest BCUT2D eigenvalue weighted by molar-refractivity contribution is 0.179. The molecule has 14 heavy (non-hydrogen) atoms. The third kappa shape index (κ3) is 3.51. The molecule has 3 N–H and O–H groups in total. The van der Waals surface area contributed by atoms with E-state index >= 15 is 0 Å². The number of urea groups is 1. The molecule has 0 rings (SSSR count). The molecular formula is C8H18N4O2. The molecule has 0 spiro atoms. The minimum atomic E-state index is -0.158. The van der Waals surface area contributed by atoms with E-state index in [0.717, 1.165) is 0 Å². The standard InChI is InChI=1S/C8H18N4O2/c1-6(7(9)10-14)5-12(4)8(13)11(2)3/h6,14H,5H2,1-4H3,(H2,9,10). The second-order valence-electron chi connectivity index (χ2n) is 3.48. The molecule has 6 nitrogen and oxygen atoms in total. The highest BCUT2D eigenvalue weighted by Gasteiger charge is 2.16. The van der Waals surface area contributed by atoms with Crippen LogP contribution in [-0.2, 0) is 0 Å². The smallest absolute Gasteiger partial charge is 0.319 e. The van der Waals surface area contributed by atoms with Crippen LogP contribution in [0.15, 0.2) is 5.16 Å². The summed E-state index contributed by atoms with van der Waals surface area (Å²) in [6.45, 7) is 2.21. The molecule has 0 bridgehead atoms. The Balaban J connectivity index is 4.19. The molecule has 0 saturated carbocycles. The van der Waals surface area contributed by atoms with Crippen molar-refractivity contribution in [3.05, 3.63) is 0 Å². The topological polar surface area (TPSA) is 82.2 Å². The van der Waals surface area contributed by atoms with E-state index in [9.17, 15) is 4.79 Å². The number of carbonyl (C=O) groups excluding carboxylic acids is 1. The maximum Gasteiger partial charge on any atom is 0.319 e. The summed E-state index contributed by atoms with van der Waals surface area (Å²) in [5.74, 6) is -0.0303. The molecule has 0 aromatic carbocycles. The third-order valence-corrected chi connectivity index (χ3v) is 1.88. The zero-order chi connectivity index (χ0) is 11.3. The molecule has 0 radical (unpaired) electrons. The van der Waals surface area contributed by atoms with Gasteiger partial charge in [0.1, 0.15) is 5.84 Å². The number of carbonyl (C=O) groups is 1. The fraction of sp³-hybridized carbons (Fsp3) is 0.750. The zero-order valence-corrected chi connectivity index (χ0v) is 9.06. The van der Waals surface area contributed by atoms with Gasteiger partial charge >= 0.3 is 6.03 Å². The van der Waals surface area contributed by atoms with Crippen LogP contribution in [0.25, 0.3) is 0 Å². The van der Waals surface area contributed by atoms with Gasteiger partial charge in [-0.1, -0.05) is 12.1 Å². The summed E-state index contributed by atoms with van der Waals surface area (Å²) in [6.07, 6.45) is 0. The molecule has 0 saturated heterocycles. The monoisotopic (exact) mass is 202 g/mol. The predicted octanol–water partition coefficient (Wildman–Crippen LogP) is -0.0177. The summed E-state index contributed by atoms with van der Waals surface area (Å²) in [5, 5.41) is 11.3. The summed E-state index contributed by atoms with van der Waals surface area (Å²) in [7, 11) is 5.02. The predicted molar refractivity (Wildman–Crippen MR) is 54.3 cm³/mol. The van der Waals surface area contributed by atoms with Crippen molar-refractivity contribution < 1.29 is 10.0 Å². The number of hydrogen-bond donors (Lipinski definition) is 2. The van der Waals surface area contributed by atoms with Crippen LogP contribution < -0.4 is 5.73 Å². The van der Waals surface area contributed by atoms with Crippen molar-refractivity contribution in [1.82, 2.24) is 9.80 Å². The van der Waals surface area contributed by atoms with Gasteiger partial charge in [0, 0.05) is 33.6 Å². The van der Waals surface area contributed by atoms with E-state index in [1.165, 1.54) is 9.80 Å². The van der Waals surface area contributed by atoms with Gasteiger partial charge in [0.15, 0.2) is 0 Å². The Morgan fingerprint density at radius 2 is 2.00 bits per heavy atom. The molecule has 0 aromatic rings. The quantitative estimate of drug-likeness (QED) is 0.292. The summed E-state index contributed by atoms with van der Waals surface area (Å²) >= 11 is 0. The molecule has 2 amide bonds. The van der Waals surface area contributed by atoms with Crippen LogP contribution >= 0.6 is 0 Å². The Bertz CT molecular complexity index is 227. The Morgan fingerprint density at radius 3 is 2.36 bits per heavy atom. The van der Waals surface area contributed by atoms with Gasteiger partial charge in [-0.2, -0.15) is 0 Å². The summed E-state index contributed by atoms with van der Waals surface area (Å²) in [6, 6.07) is -0.109. The first kappa shape index (κ1) is 12.5. The molecule has 1 unspecified atom stereocenters. The molecule has 0 aromatic heterocycles. The number of rotatable bonds is 3. The van der Waals surface area contributed by atoms with Crippen molar-refractivity contribution in [2.45, 2.75) is 6.92 Å². The lowest BCUT2D eigenvalue weighted by atomic mass is 10.1. The minimum Gasteiger partial charge on any atom is -0.409 e. The Kier molecular flexibility index (Phi) is 4.76. The molecule has 1 atom stereocenters. The van der Waals surface area contributed by atoms with Gasteiger partial charge in [-0.3, -0.25) is 0 Å². The number of amides is 2. The minimum absolute atomic E-state index is 0.109. The summed E-state index contributed by atoms with van der Waals surface area (Å²) < 4.78 is 0. The van der Waals surface area contributed by atoms with E-state index in [1.807, 2.05) is 0 Å².